The van der Waals surface area contributed by atoms with Crippen molar-refractivity contribution in [3.8, 4) is 0 Å². The normalized spacial score (nSPS) is 11.6. The van der Waals surface area contributed by atoms with Gasteiger partial charge < -0.3 is 57.9 Å². The molecule has 3 aromatic rings. The number of rotatable bonds is 28. The number of benzene rings is 1. The molecule has 0 aliphatic rings. The van der Waals surface area contributed by atoms with Gasteiger partial charge in [0.2, 0.25) is 17.8 Å². The minimum absolute atomic E-state index is 0.0252. The van der Waals surface area contributed by atoms with E-state index >= 15 is 0 Å². The number of nitrogens with one attached hydrogen (secondary N) is 3. The first-order valence-corrected chi connectivity index (χ1v) is 18.8. The third-order valence-corrected chi connectivity index (χ3v) is 8.77. The lowest BCUT2D eigenvalue weighted by atomic mass is 10.1. The van der Waals surface area contributed by atoms with Crippen LogP contribution in [0.2, 0.25) is 0 Å². The maximum absolute atomic E-state index is 12.9. The van der Waals surface area contributed by atoms with Crippen LogP contribution >= 0.6 is 0 Å². The zero-order valence-electron chi connectivity index (χ0n) is 33.6. The van der Waals surface area contributed by atoms with Crippen molar-refractivity contribution in [2.24, 2.45) is 0 Å². The third-order valence-electron chi connectivity index (χ3n) is 8.77. The average molecular weight is 872 g/mol. The number of carboxylic acid groups (broad SMARTS) is 5. The van der Waals surface area contributed by atoms with Crippen molar-refractivity contribution < 1.29 is 63.9 Å². The van der Waals surface area contributed by atoms with Crippen molar-refractivity contribution in [3.63, 3.8) is 0 Å². The molecule has 62 heavy (non-hydrogen) atoms. The molecular formula is C36H49N13O13. The highest BCUT2D eigenvalue weighted by atomic mass is 16.4. The van der Waals surface area contributed by atoms with Gasteiger partial charge in [-0.2, -0.15) is 9.97 Å². The smallest absolute Gasteiger partial charge is 0.326 e. The fourth-order valence-electron chi connectivity index (χ4n) is 5.81. The standard InChI is InChI=1S/C36H49N13O13/c1-46(15-22-14-41-33-31(42-22)32(37)44-36(38)45-33)23-4-2-21(3-5-23)34(60)43-24(35(61)62)6-7-25(50)39-8-9-40-26(51)16-48(18-28(54)55)12-10-47(17-27(52)53)11-13-49(19-29(56)57)20-30(58)59/h2-5,14,24H,6-13,15-20H2,1H3,(H,39,50)(H,40,51)(H,43,60)(H,52,53)(H,54,55)(H,56,57)(H,58,59)(H,61,62)(H4,37,38,41,44,45)/t24-/m0/s1. The number of nitrogens with two attached hydrogens (primary N) is 2. The molecule has 0 saturated carbocycles. The van der Waals surface area contributed by atoms with Gasteiger partial charge in [-0.15, -0.1) is 0 Å². The predicted molar refractivity (Wildman–Crippen MR) is 217 cm³/mol. The fraction of sp³-hybridized carbons (Fsp3) is 0.444. The second-order valence-electron chi connectivity index (χ2n) is 13.8. The maximum atomic E-state index is 12.9. The molecule has 0 spiro atoms. The van der Waals surface area contributed by atoms with Crippen LogP contribution in [0.5, 0.6) is 0 Å². The topological polar surface area (TPSA) is 390 Å². The van der Waals surface area contributed by atoms with Crippen molar-refractivity contribution >= 4 is 76.2 Å². The highest BCUT2D eigenvalue weighted by Crippen LogP contribution is 2.19. The van der Waals surface area contributed by atoms with Crippen LogP contribution in [-0.4, -0.2) is 193 Å². The lowest BCUT2D eigenvalue weighted by Gasteiger charge is -2.27. The third kappa shape index (κ3) is 17.5. The number of amides is 3. The minimum atomic E-state index is -1.41. The summed E-state index contributed by atoms with van der Waals surface area (Å²) in [6.07, 6.45) is 0.974. The summed E-state index contributed by atoms with van der Waals surface area (Å²) in [7, 11) is 1.78. The lowest BCUT2D eigenvalue weighted by molar-refractivity contribution is -0.143. The number of carboxylic acids is 5. The summed E-state index contributed by atoms with van der Waals surface area (Å²) in [6.45, 7) is -2.95. The number of nitrogen functional groups attached to an aromatic ring is 2. The highest BCUT2D eigenvalue weighted by Gasteiger charge is 2.23. The second kappa shape index (κ2) is 24.1. The number of anilines is 3. The Hall–Kier alpha value is -7.32. The number of hydrogen-bond donors (Lipinski definition) is 10. The van der Waals surface area contributed by atoms with Gasteiger partial charge in [-0.05, 0) is 30.7 Å². The first-order valence-electron chi connectivity index (χ1n) is 18.8. The van der Waals surface area contributed by atoms with Gasteiger partial charge in [0.25, 0.3) is 5.91 Å². The molecule has 26 heteroatoms. The molecule has 1 aromatic carbocycles. The van der Waals surface area contributed by atoms with Gasteiger partial charge in [-0.3, -0.25) is 48.3 Å². The molecule has 336 valence electrons. The van der Waals surface area contributed by atoms with Crippen LogP contribution in [-0.2, 0) is 40.1 Å². The van der Waals surface area contributed by atoms with E-state index in [1.807, 2.05) is 4.90 Å². The van der Waals surface area contributed by atoms with E-state index in [1.165, 1.54) is 28.1 Å². The Bertz CT molecular complexity index is 2080. The van der Waals surface area contributed by atoms with Gasteiger partial charge in [0.15, 0.2) is 17.0 Å². The van der Waals surface area contributed by atoms with E-state index in [0.717, 1.165) is 4.90 Å². The maximum Gasteiger partial charge on any atom is 0.326 e. The van der Waals surface area contributed by atoms with E-state index in [4.69, 9.17) is 21.7 Å². The van der Waals surface area contributed by atoms with Gasteiger partial charge in [-0.1, -0.05) is 0 Å². The van der Waals surface area contributed by atoms with Crippen LogP contribution in [0, 0.1) is 0 Å². The molecule has 0 saturated heterocycles. The number of nitrogens with zero attached hydrogens (tertiary/aromatic N) is 8. The van der Waals surface area contributed by atoms with Crippen molar-refractivity contribution in [2.75, 3.05) is 95.4 Å². The van der Waals surface area contributed by atoms with Crippen LogP contribution < -0.4 is 32.3 Å². The molecule has 2 aromatic heterocycles. The molecule has 0 bridgehead atoms. The zero-order chi connectivity index (χ0) is 45.9. The molecule has 1 atom stereocenters. The Morgan fingerprint density at radius 2 is 1.19 bits per heavy atom. The minimum Gasteiger partial charge on any atom is -0.480 e. The van der Waals surface area contributed by atoms with E-state index in [2.05, 4.69) is 35.9 Å². The number of hydrogen-bond acceptors (Lipinski definition) is 18. The summed E-state index contributed by atoms with van der Waals surface area (Å²) < 4.78 is 0. The Balaban J connectivity index is 1.43. The summed E-state index contributed by atoms with van der Waals surface area (Å²) in [5.74, 6) is -8.27. The Labute approximate surface area is 352 Å². The molecule has 3 amide bonds. The monoisotopic (exact) mass is 871 g/mol. The first kappa shape index (κ1) is 49.0. The van der Waals surface area contributed by atoms with Crippen LogP contribution in [0.15, 0.2) is 30.5 Å². The first-order chi connectivity index (χ1) is 29.3. The molecule has 3 rings (SSSR count). The fourth-order valence-corrected chi connectivity index (χ4v) is 5.81. The molecule has 12 N–H and O–H groups in total. The van der Waals surface area contributed by atoms with Gasteiger partial charge in [0.05, 0.1) is 51.2 Å². The zero-order valence-corrected chi connectivity index (χ0v) is 33.6. The summed E-state index contributed by atoms with van der Waals surface area (Å²) in [4.78, 5) is 117. The van der Waals surface area contributed by atoms with Crippen LogP contribution in [0.1, 0.15) is 28.9 Å². The van der Waals surface area contributed by atoms with Gasteiger partial charge in [0, 0.05) is 64.0 Å². The molecule has 0 radical (unpaired) electrons. The van der Waals surface area contributed by atoms with Crippen molar-refractivity contribution in [1.29, 1.82) is 0 Å². The number of carbonyl (C=O) groups excluding carboxylic acids is 3. The van der Waals surface area contributed by atoms with Crippen molar-refractivity contribution in [2.45, 2.75) is 25.4 Å². The molecule has 2 heterocycles. The van der Waals surface area contributed by atoms with Crippen molar-refractivity contribution in [3.05, 3.63) is 41.7 Å². The molecule has 0 fully saturated rings. The van der Waals surface area contributed by atoms with Gasteiger partial charge in [0.1, 0.15) is 6.04 Å². The van der Waals surface area contributed by atoms with Gasteiger partial charge >= 0.3 is 29.8 Å². The van der Waals surface area contributed by atoms with Crippen LogP contribution in [0.4, 0.5) is 17.5 Å². The molecule has 0 unspecified atom stereocenters. The number of fused-ring (bicyclic) bond motifs is 1. The van der Waals surface area contributed by atoms with E-state index in [1.54, 1.807) is 19.2 Å². The SMILES string of the molecule is CN(Cc1cnc2nc(N)nc(N)c2n1)c1ccc(C(=O)N[C@@H](CCC(=O)NCCNC(=O)CN(CCN(CCN(CC(=O)O)CC(=O)O)CC(=O)O)CC(=O)O)C(=O)O)cc1. The quantitative estimate of drug-likeness (QED) is 0.0319. The molecule has 26 nitrogen and oxygen atoms in total. The number of aromatic nitrogens is 4. The van der Waals surface area contributed by atoms with E-state index < -0.39 is 86.3 Å². The molecule has 0 aliphatic carbocycles. The van der Waals surface area contributed by atoms with E-state index in [9.17, 15) is 53.7 Å². The van der Waals surface area contributed by atoms with Crippen LogP contribution in [0.3, 0.4) is 0 Å². The second-order valence-corrected chi connectivity index (χ2v) is 13.8. The lowest BCUT2D eigenvalue weighted by Crippen LogP contribution is -2.47. The summed E-state index contributed by atoms with van der Waals surface area (Å²) >= 11 is 0. The molecular weight excluding hydrogens is 822 g/mol. The highest BCUT2D eigenvalue weighted by molar-refractivity contribution is 5.97. The Kier molecular flexibility index (Phi) is 19.0. The molecule has 0 aliphatic heterocycles. The average Bonchev–Trinajstić information content (AvgIpc) is 3.18. The van der Waals surface area contributed by atoms with E-state index in [0.29, 0.717) is 23.4 Å². The summed E-state index contributed by atoms with van der Waals surface area (Å²) in [5, 5.41) is 53.9. The Morgan fingerprint density at radius 1 is 0.677 bits per heavy atom. The largest absolute Gasteiger partial charge is 0.480 e. The summed E-state index contributed by atoms with van der Waals surface area (Å²) in [6, 6.07) is 4.90. The van der Waals surface area contributed by atoms with Crippen LogP contribution in [0.25, 0.3) is 11.2 Å². The van der Waals surface area contributed by atoms with Crippen molar-refractivity contribution in [1.82, 2.24) is 50.6 Å². The van der Waals surface area contributed by atoms with Gasteiger partial charge in [-0.25, -0.2) is 14.8 Å². The predicted octanol–water partition coefficient (Wildman–Crippen LogP) is -3.34. The number of aliphatic carboxylic acids is 5. The summed E-state index contributed by atoms with van der Waals surface area (Å²) in [5.41, 5.74) is 13.5. The van der Waals surface area contributed by atoms with E-state index in [-0.39, 0.29) is 75.1 Å². The number of carbonyl (C=O) groups is 8. The Morgan fingerprint density at radius 3 is 1.74 bits per heavy atom.